The van der Waals surface area contributed by atoms with Crippen molar-refractivity contribution in [2.24, 2.45) is 0 Å². The molecule has 9 nitrogen and oxygen atoms in total. The average molecular weight is 406 g/mol. The van der Waals surface area contributed by atoms with Crippen LogP contribution in [0, 0.1) is 0 Å². The van der Waals surface area contributed by atoms with Gasteiger partial charge in [-0.05, 0) is 35.0 Å². The fourth-order valence-electron chi connectivity index (χ4n) is 2.93. The molecular formula is C15H16BrN7O2. The Balaban J connectivity index is 1.51. The zero-order chi connectivity index (χ0) is 17.4. The summed E-state index contributed by atoms with van der Waals surface area (Å²) in [4.78, 5) is 25.0. The molecule has 10 heteroatoms. The lowest BCUT2D eigenvalue weighted by Crippen LogP contribution is -2.49. The molecule has 25 heavy (non-hydrogen) atoms. The molecule has 1 amide bonds. The Morgan fingerprint density at radius 1 is 1.24 bits per heavy atom. The summed E-state index contributed by atoms with van der Waals surface area (Å²) in [5.41, 5.74) is 1.42. The number of carbonyl (C=O) groups is 1. The van der Waals surface area contributed by atoms with E-state index in [1.54, 1.807) is 21.7 Å². The summed E-state index contributed by atoms with van der Waals surface area (Å²) in [7, 11) is 0. The summed E-state index contributed by atoms with van der Waals surface area (Å²) in [6.07, 6.45) is 1.53. The van der Waals surface area contributed by atoms with E-state index in [-0.39, 0.29) is 5.91 Å². The van der Waals surface area contributed by atoms with Gasteiger partial charge >= 0.3 is 0 Å². The third kappa shape index (κ3) is 2.86. The van der Waals surface area contributed by atoms with Crippen LogP contribution in [0.3, 0.4) is 0 Å². The molecule has 0 unspecified atom stereocenters. The van der Waals surface area contributed by atoms with E-state index < -0.39 is 0 Å². The maximum Gasteiger partial charge on any atom is 0.289 e. The Morgan fingerprint density at radius 3 is 2.72 bits per heavy atom. The van der Waals surface area contributed by atoms with Crippen molar-refractivity contribution < 1.29 is 9.21 Å². The molecule has 3 aromatic heterocycles. The Labute approximate surface area is 151 Å². The molecule has 0 atom stereocenters. The van der Waals surface area contributed by atoms with Crippen LogP contribution in [-0.4, -0.2) is 61.9 Å². The molecule has 4 rings (SSSR count). The van der Waals surface area contributed by atoms with Crippen LogP contribution >= 0.6 is 15.9 Å². The molecule has 0 N–H and O–H groups in total. The molecule has 0 radical (unpaired) electrons. The lowest BCUT2D eigenvalue weighted by molar-refractivity contribution is 0.0713. The maximum atomic E-state index is 12.5. The van der Waals surface area contributed by atoms with Crippen LogP contribution in [0.1, 0.15) is 17.5 Å². The fraction of sp³-hybridized carbons (Fsp3) is 0.400. The number of hydrogen-bond donors (Lipinski definition) is 0. The normalized spacial score (nSPS) is 15.1. The zero-order valence-electron chi connectivity index (χ0n) is 13.6. The number of fused-ring (bicyclic) bond motifs is 1. The van der Waals surface area contributed by atoms with E-state index in [0.29, 0.717) is 48.7 Å². The molecule has 1 saturated heterocycles. The number of rotatable bonds is 3. The van der Waals surface area contributed by atoms with Gasteiger partial charge in [-0.25, -0.2) is 14.6 Å². The highest BCUT2D eigenvalue weighted by atomic mass is 79.9. The summed E-state index contributed by atoms with van der Waals surface area (Å²) in [6.45, 7) is 5.20. The highest BCUT2D eigenvalue weighted by Gasteiger charge is 2.26. The van der Waals surface area contributed by atoms with Gasteiger partial charge in [0.15, 0.2) is 27.4 Å². The smallest absolute Gasteiger partial charge is 0.289 e. The molecular weight excluding hydrogens is 390 g/mol. The molecule has 0 saturated carbocycles. The minimum atomic E-state index is -0.102. The van der Waals surface area contributed by atoms with Gasteiger partial charge in [0.05, 0.1) is 0 Å². The number of amides is 1. The molecule has 0 aliphatic carbocycles. The summed E-state index contributed by atoms with van der Waals surface area (Å²) >= 11 is 3.22. The van der Waals surface area contributed by atoms with Crippen molar-refractivity contribution in [1.82, 2.24) is 29.9 Å². The number of nitrogens with zero attached hydrogens (tertiary/aromatic N) is 7. The Kier molecular flexibility index (Phi) is 4.12. The first-order chi connectivity index (χ1) is 12.2. The molecule has 4 heterocycles. The van der Waals surface area contributed by atoms with Crippen molar-refractivity contribution in [1.29, 1.82) is 0 Å². The lowest BCUT2D eigenvalue weighted by atomic mass is 10.2. The van der Waals surface area contributed by atoms with Crippen molar-refractivity contribution in [2.45, 2.75) is 13.5 Å². The van der Waals surface area contributed by atoms with Crippen LogP contribution in [0.25, 0.3) is 11.2 Å². The van der Waals surface area contributed by atoms with Gasteiger partial charge in [-0.2, -0.15) is 0 Å². The van der Waals surface area contributed by atoms with Gasteiger partial charge in [-0.3, -0.25) is 4.79 Å². The first-order valence-electron chi connectivity index (χ1n) is 8.01. The number of halogens is 1. The number of furan rings is 1. The van der Waals surface area contributed by atoms with E-state index in [1.807, 2.05) is 6.92 Å². The van der Waals surface area contributed by atoms with Crippen LogP contribution in [0.2, 0.25) is 0 Å². The summed E-state index contributed by atoms with van der Waals surface area (Å²) in [5.74, 6) is 1.00. The van der Waals surface area contributed by atoms with E-state index in [2.05, 4.69) is 41.1 Å². The topological polar surface area (TPSA) is 93.2 Å². The number of aromatic nitrogens is 5. The predicted octanol–water partition coefficient (Wildman–Crippen LogP) is 1.56. The third-order valence-electron chi connectivity index (χ3n) is 4.23. The number of carbonyl (C=O) groups excluding carboxylic acids is 1. The van der Waals surface area contributed by atoms with E-state index in [1.165, 1.54) is 6.33 Å². The second-order valence-electron chi connectivity index (χ2n) is 5.66. The number of anilines is 1. The largest absolute Gasteiger partial charge is 0.444 e. The van der Waals surface area contributed by atoms with Crippen molar-refractivity contribution in [2.75, 3.05) is 31.1 Å². The Morgan fingerprint density at radius 2 is 2.04 bits per heavy atom. The minimum Gasteiger partial charge on any atom is -0.444 e. The molecule has 1 fully saturated rings. The molecule has 0 spiro atoms. The van der Waals surface area contributed by atoms with E-state index in [4.69, 9.17) is 4.42 Å². The first kappa shape index (κ1) is 16.0. The highest BCUT2D eigenvalue weighted by Crippen LogP contribution is 2.22. The van der Waals surface area contributed by atoms with Crippen LogP contribution in [0.15, 0.2) is 27.5 Å². The third-order valence-corrected chi connectivity index (χ3v) is 4.66. The van der Waals surface area contributed by atoms with Gasteiger partial charge in [0, 0.05) is 32.7 Å². The van der Waals surface area contributed by atoms with Crippen molar-refractivity contribution in [3.63, 3.8) is 0 Å². The summed E-state index contributed by atoms with van der Waals surface area (Å²) in [6, 6.07) is 3.40. The first-order valence-corrected chi connectivity index (χ1v) is 8.80. The Hall–Kier alpha value is -2.49. The number of piperazine rings is 1. The van der Waals surface area contributed by atoms with Crippen LogP contribution < -0.4 is 4.90 Å². The van der Waals surface area contributed by atoms with Gasteiger partial charge in [-0.1, -0.05) is 5.21 Å². The fourth-order valence-corrected chi connectivity index (χ4v) is 3.24. The molecule has 1 aliphatic heterocycles. The SMILES string of the molecule is CCn1nnc2c(N3CCN(C(=O)c4ccc(Br)o4)CC3)ncnc21. The van der Waals surface area contributed by atoms with E-state index >= 15 is 0 Å². The number of aryl methyl sites for hydroxylation is 1. The lowest BCUT2D eigenvalue weighted by Gasteiger charge is -2.34. The molecule has 130 valence electrons. The van der Waals surface area contributed by atoms with Crippen LogP contribution in [0.4, 0.5) is 5.82 Å². The van der Waals surface area contributed by atoms with Gasteiger partial charge in [0.25, 0.3) is 5.91 Å². The Bertz CT molecular complexity index is 914. The van der Waals surface area contributed by atoms with Crippen LogP contribution in [0.5, 0.6) is 0 Å². The quantitative estimate of drug-likeness (QED) is 0.652. The molecule has 0 aromatic carbocycles. The van der Waals surface area contributed by atoms with Crippen molar-refractivity contribution in [3.8, 4) is 0 Å². The molecule has 1 aliphatic rings. The van der Waals surface area contributed by atoms with Gasteiger partial charge in [0.1, 0.15) is 6.33 Å². The average Bonchev–Trinajstić information content (AvgIpc) is 3.27. The maximum absolute atomic E-state index is 12.5. The second kappa shape index (κ2) is 6.43. The predicted molar refractivity (Wildman–Crippen MR) is 93.3 cm³/mol. The summed E-state index contributed by atoms with van der Waals surface area (Å²) in [5, 5.41) is 8.33. The number of hydrogen-bond acceptors (Lipinski definition) is 7. The highest BCUT2D eigenvalue weighted by molar-refractivity contribution is 9.10. The van der Waals surface area contributed by atoms with E-state index in [9.17, 15) is 4.79 Å². The van der Waals surface area contributed by atoms with Crippen molar-refractivity contribution in [3.05, 3.63) is 28.9 Å². The second-order valence-corrected chi connectivity index (χ2v) is 6.44. The standard InChI is InChI=1S/C15H16BrN7O2/c1-2-23-14-12(19-20-23)13(17-9-18-14)21-5-7-22(8-6-21)15(24)10-3-4-11(16)25-10/h3-4,9H,2,5-8H2,1H3. The monoisotopic (exact) mass is 405 g/mol. The van der Waals surface area contributed by atoms with Crippen LogP contribution in [-0.2, 0) is 6.54 Å². The van der Waals surface area contributed by atoms with E-state index in [0.717, 1.165) is 11.5 Å². The van der Waals surface area contributed by atoms with Crippen molar-refractivity contribution >= 4 is 38.8 Å². The van der Waals surface area contributed by atoms with Gasteiger partial charge in [-0.15, -0.1) is 5.10 Å². The minimum absolute atomic E-state index is 0.102. The zero-order valence-corrected chi connectivity index (χ0v) is 15.2. The molecule has 0 bridgehead atoms. The van der Waals surface area contributed by atoms with Gasteiger partial charge < -0.3 is 14.2 Å². The molecule has 3 aromatic rings. The summed E-state index contributed by atoms with van der Waals surface area (Å²) < 4.78 is 7.65. The van der Waals surface area contributed by atoms with Gasteiger partial charge in [0.2, 0.25) is 0 Å².